The highest BCUT2D eigenvalue weighted by molar-refractivity contribution is 5.11. The van der Waals surface area contributed by atoms with Crippen LogP contribution in [0.3, 0.4) is 0 Å². The third-order valence-corrected chi connectivity index (χ3v) is 6.11. The molecule has 0 aromatic carbocycles. The molecule has 4 aliphatic rings. The lowest BCUT2D eigenvalue weighted by atomic mass is 10.00. The van der Waals surface area contributed by atoms with Crippen LogP contribution in [0.15, 0.2) is 0 Å². The molecule has 6 atom stereocenters. The second-order valence-corrected chi connectivity index (χ2v) is 8.35. The number of hydrogen-bond donors (Lipinski definition) is 0. The second kappa shape index (κ2) is 5.73. The summed E-state index contributed by atoms with van der Waals surface area (Å²) in [5.74, 6) is 5.21. The molecule has 120 valence electrons. The average Bonchev–Trinajstić information content (AvgIpc) is 3.35. The fourth-order valence-corrected chi connectivity index (χ4v) is 5.00. The van der Waals surface area contributed by atoms with E-state index in [4.69, 9.17) is 12.8 Å². The number of piperidine rings is 2. The fourth-order valence-electron chi connectivity index (χ4n) is 5.00. The molecule has 2 saturated carbocycles. The summed E-state index contributed by atoms with van der Waals surface area (Å²) < 4.78 is 0. The monoisotopic (exact) mass is 298 g/mol. The molecule has 0 spiro atoms. The van der Waals surface area contributed by atoms with Gasteiger partial charge in [-0.05, 0) is 48.3 Å². The van der Waals surface area contributed by atoms with Crippen molar-refractivity contribution in [2.45, 2.75) is 52.6 Å². The Morgan fingerprint density at radius 1 is 0.773 bits per heavy atom. The smallest absolute Gasteiger partial charge is 0.0425 e. The number of likely N-dealkylation sites (tertiary alicyclic amines) is 2. The molecule has 0 N–H and O–H groups in total. The van der Waals surface area contributed by atoms with Crippen molar-refractivity contribution in [3.8, 4) is 24.9 Å². The molecule has 2 nitrogen and oxygen atoms in total. The summed E-state index contributed by atoms with van der Waals surface area (Å²) in [6.07, 6.45) is 13.7. The molecule has 0 radical (unpaired) electrons. The van der Waals surface area contributed by atoms with Gasteiger partial charge in [0.1, 0.15) is 0 Å². The van der Waals surface area contributed by atoms with Gasteiger partial charge < -0.3 is 9.80 Å². The van der Waals surface area contributed by atoms with Gasteiger partial charge in [-0.3, -0.25) is 0 Å². The van der Waals surface area contributed by atoms with Crippen LogP contribution in [-0.2, 0) is 0 Å². The zero-order chi connectivity index (χ0) is 16.0. The van der Waals surface area contributed by atoms with Crippen LogP contribution in [0.4, 0.5) is 0 Å². The number of nitrogens with zero attached hydrogens (tertiary/aromatic N) is 2. The Labute approximate surface area is 136 Å². The lowest BCUT2D eigenvalue weighted by Crippen LogP contribution is -2.33. The fraction of sp³-hybridized carbons (Fsp3) is 0.800. The third-order valence-electron chi connectivity index (χ3n) is 6.11. The summed E-state index contributed by atoms with van der Waals surface area (Å²) in [6, 6.07) is 6.95. The molecule has 2 heteroatoms. The number of fused-ring (bicyclic) bond motifs is 2. The topological polar surface area (TPSA) is 6.48 Å². The van der Waals surface area contributed by atoms with Crippen LogP contribution in [0.25, 0.3) is 0 Å². The predicted molar refractivity (Wildman–Crippen MR) is 91.5 cm³/mol. The first-order chi connectivity index (χ1) is 10.5. The highest BCUT2D eigenvalue weighted by atomic mass is 15.2. The summed E-state index contributed by atoms with van der Waals surface area (Å²) >= 11 is 0. The van der Waals surface area contributed by atoms with Crippen LogP contribution < -0.4 is 0 Å². The van der Waals surface area contributed by atoms with Crippen LogP contribution in [-0.4, -0.2) is 35.0 Å². The van der Waals surface area contributed by atoms with Crippen molar-refractivity contribution < 1.29 is 0 Å². The predicted octanol–water partition coefficient (Wildman–Crippen LogP) is 3.11. The van der Waals surface area contributed by atoms with Gasteiger partial charge in [-0.2, -0.15) is 0 Å². The zero-order valence-corrected chi connectivity index (χ0v) is 14.5. The van der Waals surface area contributed by atoms with E-state index >= 15 is 0 Å². The minimum absolute atomic E-state index is 0.685. The molecular formula is C20H30N2. The van der Waals surface area contributed by atoms with E-state index in [0.717, 1.165) is 48.6 Å². The normalized spacial score (nSPS) is 40.5. The Balaban J connectivity index is 0.000000131. The average molecular weight is 298 g/mol. The largest absolute Gasteiger partial charge is 0.329 e. The van der Waals surface area contributed by atoms with Crippen molar-refractivity contribution in [3.63, 3.8) is 0 Å². The molecule has 22 heavy (non-hydrogen) atoms. The maximum Gasteiger partial charge on any atom is 0.0425 e. The van der Waals surface area contributed by atoms with E-state index in [1.807, 2.05) is 0 Å². The van der Waals surface area contributed by atoms with Gasteiger partial charge in [0.2, 0.25) is 0 Å². The third kappa shape index (κ3) is 2.69. The number of rotatable bonds is 2. The Hall–Kier alpha value is -1.28. The summed E-state index contributed by atoms with van der Waals surface area (Å²) in [7, 11) is 0. The van der Waals surface area contributed by atoms with Crippen LogP contribution in [0.5, 0.6) is 0 Å². The first kappa shape index (κ1) is 15.6. The Morgan fingerprint density at radius 2 is 1.14 bits per heavy atom. The first-order valence-electron chi connectivity index (χ1n) is 8.93. The quantitative estimate of drug-likeness (QED) is 0.723. The molecule has 2 aliphatic carbocycles. The highest BCUT2D eigenvalue weighted by Crippen LogP contribution is 2.52. The van der Waals surface area contributed by atoms with Crippen LogP contribution in [0.1, 0.15) is 40.5 Å². The van der Waals surface area contributed by atoms with Crippen molar-refractivity contribution in [2.75, 3.05) is 13.1 Å². The molecule has 0 amide bonds. The minimum atomic E-state index is 0.685. The second-order valence-electron chi connectivity index (χ2n) is 8.35. The van der Waals surface area contributed by atoms with E-state index in [0.29, 0.717) is 12.1 Å². The highest BCUT2D eigenvalue weighted by Gasteiger charge is 2.53. The van der Waals surface area contributed by atoms with Gasteiger partial charge in [0.25, 0.3) is 0 Å². The number of hydrogen-bond acceptors (Lipinski definition) is 2. The summed E-state index contributed by atoms with van der Waals surface area (Å²) in [4.78, 5) is 4.40. The van der Waals surface area contributed by atoms with Crippen molar-refractivity contribution in [2.24, 2.45) is 35.5 Å². The van der Waals surface area contributed by atoms with Gasteiger partial charge in [0.15, 0.2) is 0 Å². The molecular weight excluding hydrogens is 268 g/mol. The van der Waals surface area contributed by atoms with Gasteiger partial charge in [-0.1, -0.05) is 40.5 Å². The first-order valence-corrected chi connectivity index (χ1v) is 8.93. The lowest BCUT2D eigenvalue weighted by molar-refractivity contribution is 0.256. The van der Waals surface area contributed by atoms with Gasteiger partial charge in [0.05, 0.1) is 0 Å². The van der Waals surface area contributed by atoms with Crippen molar-refractivity contribution in [3.05, 3.63) is 0 Å². The summed E-state index contributed by atoms with van der Waals surface area (Å²) in [6.45, 7) is 11.4. The SMILES string of the molecule is C#CN1C[C@@H]2C[C@@H]2C1C(C)C.C#CN1C[C@@H]2C[C@@H]2C1C(C)C. The van der Waals surface area contributed by atoms with Crippen LogP contribution >= 0.6 is 0 Å². The van der Waals surface area contributed by atoms with Crippen molar-refractivity contribution >= 4 is 0 Å². The van der Waals surface area contributed by atoms with Gasteiger partial charge in [0, 0.05) is 37.3 Å². The Kier molecular flexibility index (Phi) is 4.07. The van der Waals surface area contributed by atoms with Gasteiger partial charge >= 0.3 is 0 Å². The van der Waals surface area contributed by atoms with Crippen molar-refractivity contribution in [1.82, 2.24) is 9.80 Å². The van der Waals surface area contributed by atoms with Crippen LogP contribution in [0.2, 0.25) is 0 Å². The van der Waals surface area contributed by atoms with E-state index in [-0.39, 0.29) is 0 Å². The van der Waals surface area contributed by atoms with Crippen LogP contribution in [0, 0.1) is 60.4 Å². The molecule has 2 aliphatic heterocycles. The molecule has 0 aromatic heterocycles. The van der Waals surface area contributed by atoms with E-state index in [1.54, 1.807) is 0 Å². The maximum atomic E-state index is 5.42. The van der Waals surface area contributed by atoms with E-state index < -0.39 is 0 Å². The van der Waals surface area contributed by atoms with Gasteiger partial charge in [-0.15, -0.1) is 0 Å². The molecule has 2 saturated heterocycles. The number of terminal acetylenes is 2. The molecule has 0 bridgehead atoms. The minimum Gasteiger partial charge on any atom is -0.329 e. The van der Waals surface area contributed by atoms with E-state index in [9.17, 15) is 0 Å². The van der Waals surface area contributed by atoms with E-state index in [1.165, 1.54) is 12.8 Å². The summed E-state index contributed by atoms with van der Waals surface area (Å²) in [5, 5.41) is 0. The van der Waals surface area contributed by atoms with E-state index in [2.05, 4.69) is 49.6 Å². The lowest BCUT2D eigenvalue weighted by Gasteiger charge is -2.26. The maximum absolute atomic E-state index is 5.42. The summed E-state index contributed by atoms with van der Waals surface area (Å²) in [5.41, 5.74) is 0. The zero-order valence-electron chi connectivity index (χ0n) is 14.5. The molecule has 0 aromatic rings. The standard InChI is InChI=1S/2C10H15N/c2*1-4-11-6-8-5-9(8)10(11)7(2)3/h2*1,7-10H,5-6H2,2-3H3/t2*8-,9-,10?/m00/s1. The Bertz CT molecular complexity index is 449. The van der Waals surface area contributed by atoms with Crippen molar-refractivity contribution in [1.29, 1.82) is 0 Å². The molecule has 4 fully saturated rings. The Morgan fingerprint density at radius 3 is 1.36 bits per heavy atom. The molecule has 4 rings (SSSR count). The van der Waals surface area contributed by atoms with Gasteiger partial charge in [-0.25, -0.2) is 0 Å². The molecule has 2 heterocycles. The molecule has 2 unspecified atom stereocenters.